The first-order chi connectivity index (χ1) is 15.8. The molecular formula is C22H25N5O6. The SMILES string of the molecule is CC#CCn1c(C(O)C(O)CCNC(=O)OCc2ccccc2)nc2c1c(=O)[nH]c(=O)n2C. The van der Waals surface area contributed by atoms with Crippen LogP contribution in [0.2, 0.25) is 0 Å². The molecule has 2 atom stereocenters. The number of nitrogens with zero attached hydrogens (tertiary/aromatic N) is 3. The maximum absolute atomic E-state index is 12.4. The van der Waals surface area contributed by atoms with Gasteiger partial charge in [0, 0.05) is 13.6 Å². The van der Waals surface area contributed by atoms with E-state index in [4.69, 9.17) is 4.74 Å². The van der Waals surface area contributed by atoms with Gasteiger partial charge in [-0.1, -0.05) is 36.3 Å². The van der Waals surface area contributed by atoms with Crippen molar-refractivity contribution >= 4 is 17.3 Å². The number of hydrogen-bond donors (Lipinski definition) is 4. The van der Waals surface area contributed by atoms with Crippen LogP contribution in [0.3, 0.4) is 0 Å². The number of aryl methyl sites for hydroxylation is 1. The van der Waals surface area contributed by atoms with Crippen LogP contribution in [0.15, 0.2) is 39.9 Å². The smallest absolute Gasteiger partial charge is 0.407 e. The largest absolute Gasteiger partial charge is 0.445 e. The Bertz CT molecular complexity index is 1300. The van der Waals surface area contributed by atoms with Crippen LogP contribution in [0.4, 0.5) is 4.79 Å². The van der Waals surface area contributed by atoms with Crippen molar-refractivity contribution in [1.82, 2.24) is 24.4 Å². The number of ether oxygens (including phenoxy) is 1. The summed E-state index contributed by atoms with van der Waals surface area (Å²) >= 11 is 0. The molecule has 0 saturated heterocycles. The van der Waals surface area contributed by atoms with Crippen LogP contribution < -0.4 is 16.6 Å². The predicted molar refractivity (Wildman–Crippen MR) is 119 cm³/mol. The zero-order valence-corrected chi connectivity index (χ0v) is 18.2. The first-order valence-corrected chi connectivity index (χ1v) is 10.2. The Hall–Kier alpha value is -3.88. The molecule has 174 valence electrons. The molecule has 2 unspecified atom stereocenters. The van der Waals surface area contributed by atoms with Crippen molar-refractivity contribution in [1.29, 1.82) is 0 Å². The summed E-state index contributed by atoms with van der Waals surface area (Å²) in [6.45, 7) is 1.78. The van der Waals surface area contributed by atoms with Crippen molar-refractivity contribution in [3.63, 3.8) is 0 Å². The van der Waals surface area contributed by atoms with E-state index in [1.807, 2.05) is 30.3 Å². The monoisotopic (exact) mass is 455 g/mol. The minimum atomic E-state index is -1.49. The Morgan fingerprint density at radius 3 is 2.70 bits per heavy atom. The molecule has 1 aromatic carbocycles. The van der Waals surface area contributed by atoms with Crippen molar-refractivity contribution < 1.29 is 19.7 Å². The van der Waals surface area contributed by atoms with E-state index in [2.05, 4.69) is 27.1 Å². The third kappa shape index (κ3) is 5.49. The summed E-state index contributed by atoms with van der Waals surface area (Å²) in [5.41, 5.74) is -0.372. The lowest BCUT2D eigenvalue weighted by molar-refractivity contribution is 0.00698. The molecule has 11 heteroatoms. The molecule has 2 heterocycles. The Labute approximate surface area is 188 Å². The fourth-order valence-corrected chi connectivity index (χ4v) is 3.22. The zero-order chi connectivity index (χ0) is 24.0. The standard InChI is InChI=1S/C22H25N5O6/c1-3-4-12-27-16-18(26(2)21(31)25-20(16)30)24-19(27)17(29)15(28)10-11-23-22(32)33-13-14-8-6-5-7-9-14/h5-9,15,17,28-29H,10-13H2,1-2H3,(H,23,32)(H,25,30,31). The number of benzene rings is 1. The van der Waals surface area contributed by atoms with Gasteiger partial charge in [-0.2, -0.15) is 0 Å². The van der Waals surface area contributed by atoms with Crippen LogP contribution in [0.1, 0.15) is 30.8 Å². The number of imidazole rings is 1. The maximum atomic E-state index is 12.4. The lowest BCUT2D eigenvalue weighted by atomic mass is 10.1. The van der Waals surface area contributed by atoms with Gasteiger partial charge < -0.3 is 24.8 Å². The molecule has 0 aliphatic heterocycles. The van der Waals surface area contributed by atoms with E-state index in [-0.39, 0.29) is 43.1 Å². The minimum absolute atomic E-state index is 0.0143. The summed E-state index contributed by atoms with van der Waals surface area (Å²) in [7, 11) is 1.43. The number of aliphatic hydroxyl groups is 2. The number of aromatic nitrogens is 4. The molecule has 4 N–H and O–H groups in total. The lowest BCUT2D eigenvalue weighted by Gasteiger charge is -2.18. The van der Waals surface area contributed by atoms with Gasteiger partial charge >= 0.3 is 11.8 Å². The van der Waals surface area contributed by atoms with Crippen LogP contribution in [0.5, 0.6) is 0 Å². The summed E-state index contributed by atoms with van der Waals surface area (Å²) in [5.74, 6) is 5.47. The molecule has 0 aliphatic rings. The second-order valence-corrected chi connectivity index (χ2v) is 7.26. The number of carbonyl (C=O) groups is 1. The van der Waals surface area contributed by atoms with Gasteiger partial charge in [0.25, 0.3) is 5.56 Å². The quantitative estimate of drug-likeness (QED) is 0.353. The van der Waals surface area contributed by atoms with E-state index in [1.165, 1.54) is 11.6 Å². The number of fused-ring (bicyclic) bond motifs is 1. The molecule has 3 aromatic rings. The summed E-state index contributed by atoms with van der Waals surface area (Å²) in [4.78, 5) is 42.5. The Kier molecular flexibility index (Phi) is 7.66. The topological polar surface area (TPSA) is 151 Å². The number of aromatic amines is 1. The van der Waals surface area contributed by atoms with Gasteiger partial charge in [-0.25, -0.2) is 14.6 Å². The lowest BCUT2D eigenvalue weighted by Crippen LogP contribution is -2.31. The number of hydrogen-bond acceptors (Lipinski definition) is 7. The summed E-state index contributed by atoms with van der Waals surface area (Å²) in [6.07, 6.45) is -3.49. The van der Waals surface area contributed by atoms with E-state index in [9.17, 15) is 24.6 Å². The molecule has 0 bridgehead atoms. The Morgan fingerprint density at radius 1 is 1.27 bits per heavy atom. The first kappa shape index (κ1) is 23.8. The van der Waals surface area contributed by atoms with E-state index in [0.29, 0.717) is 0 Å². The number of carbonyl (C=O) groups excluding carboxylic acids is 1. The van der Waals surface area contributed by atoms with E-state index in [1.54, 1.807) is 6.92 Å². The molecule has 0 radical (unpaired) electrons. The predicted octanol–water partition coefficient (Wildman–Crippen LogP) is 0.157. The average molecular weight is 455 g/mol. The number of H-pyrrole nitrogens is 1. The molecule has 33 heavy (non-hydrogen) atoms. The van der Waals surface area contributed by atoms with Gasteiger partial charge in [-0.15, -0.1) is 5.92 Å². The van der Waals surface area contributed by atoms with Crippen molar-refractivity contribution in [2.24, 2.45) is 7.05 Å². The van der Waals surface area contributed by atoms with Crippen LogP contribution >= 0.6 is 0 Å². The number of nitrogens with one attached hydrogen (secondary N) is 2. The van der Waals surface area contributed by atoms with E-state index >= 15 is 0 Å². The van der Waals surface area contributed by atoms with Crippen molar-refractivity contribution in [3.8, 4) is 11.8 Å². The molecule has 3 rings (SSSR count). The molecule has 11 nitrogen and oxygen atoms in total. The molecule has 0 spiro atoms. The van der Waals surface area contributed by atoms with E-state index in [0.717, 1.165) is 10.1 Å². The Balaban J connectivity index is 1.69. The molecule has 0 saturated carbocycles. The van der Waals surface area contributed by atoms with Gasteiger partial charge in [0.1, 0.15) is 18.5 Å². The number of rotatable bonds is 8. The van der Waals surface area contributed by atoms with Crippen LogP contribution in [-0.4, -0.2) is 48.1 Å². The molecule has 1 amide bonds. The molecule has 2 aromatic heterocycles. The molecule has 0 fully saturated rings. The fraction of sp³-hybridized carbons (Fsp3) is 0.364. The minimum Gasteiger partial charge on any atom is -0.445 e. The number of amides is 1. The zero-order valence-electron chi connectivity index (χ0n) is 18.2. The van der Waals surface area contributed by atoms with Gasteiger partial charge in [-0.3, -0.25) is 14.3 Å². The van der Waals surface area contributed by atoms with Crippen molar-refractivity contribution in [2.45, 2.75) is 38.7 Å². The molecular weight excluding hydrogens is 430 g/mol. The van der Waals surface area contributed by atoms with Gasteiger partial charge in [-0.05, 0) is 18.9 Å². The maximum Gasteiger partial charge on any atom is 0.407 e. The van der Waals surface area contributed by atoms with Gasteiger partial charge in [0.2, 0.25) is 0 Å². The fourth-order valence-electron chi connectivity index (χ4n) is 3.22. The van der Waals surface area contributed by atoms with Crippen LogP contribution in [0, 0.1) is 11.8 Å². The normalized spacial score (nSPS) is 12.6. The first-order valence-electron chi connectivity index (χ1n) is 10.2. The third-order valence-corrected chi connectivity index (χ3v) is 5.00. The third-order valence-electron chi connectivity index (χ3n) is 5.00. The highest BCUT2D eigenvalue weighted by Crippen LogP contribution is 2.21. The van der Waals surface area contributed by atoms with Crippen LogP contribution in [-0.2, 0) is 24.9 Å². The summed E-state index contributed by atoms with van der Waals surface area (Å²) in [6, 6.07) is 9.17. The highest BCUT2D eigenvalue weighted by molar-refractivity contribution is 5.71. The number of aliphatic hydroxyl groups excluding tert-OH is 2. The number of alkyl carbamates (subject to hydrolysis) is 1. The van der Waals surface area contributed by atoms with Crippen LogP contribution in [0.25, 0.3) is 11.2 Å². The highest BCUT2D eigenvalue weighted by atomic mass is 16.5. The average Bonchev–Trinajstić information content (AvgIpc) is 3.20. The Morgan fingerprint density at radius 2 is 2.00 bits per heavy atom. The summed E-state index contributed by atoms with van der Waals surface area (Å²) < 4.78 is 7.60. The van der Waals surface area contributed by atoms with Gasteiger partial charge in [0.15, 0.2) is 11.2 Å². The summed E-state index contributed by atoms with van der Waals surface area (Å²) in [5, 5.41) is 23.7. The van der Waals surface area contributed by atoms with Crippen molar-refractivity contribution in [2.75, 3.05) is 6.54 Å². The van der Waals surface area contributed by atoms with Gasteiger partial charge in [0.05, 0.1) is 12.6 Å². The molecule has 0 aliphatic carbocycles. The van der Waals surface area contributed by atoms with Crippen molar-refractivity contribution in [3.05, 3.63) is 62.6 Å². The second-order valence-electron chi connectivity index (χ2n) is 7.26. The second kappa shape index (κ2) is 10.6. The highest BCUT2D eigenvalue weighted by Gasteiger charge is 2.27. The van der Waals surface area contributed by atoms with E-state index < -0.39 is 29.6 Å².